The number of carbonyl (C=O) groups is 1. The third kappa shape index (κ3) is 4.94. The summed E-state index contributed by atoms with van der Waals surface area (Å²) in [6.45, 7) is 4.87. The van der Waals surface area contributed by atoms with E-state index in [0.717, 1.165) is 32.6 Å². The Morgan fingerprint density at radius 2 is 2.00 bits per heavy atom. The van der Waals surface area contributed by atoms with Crippen LogP contribution in [0.15, 0.2) is 30.3 Å². The van der Waals surface area contributed by atoms with Crippen molar-refractivity contribution in [2.75, 3.05) is 26.3 Å². The van der Waals surface area contributed by atoms with Crippen LogP contribution in [0.5, 0.6) is 0 Å². The highest BCUT2D eigenvalue weighted by Crippen LogP contribution is 2.12. The summed E-state index contributed by atoms with van der Waals surface area (Å²) >= 11 is 0. The van der Waals surface area contributed by atoms with Crippen molar-refractivity contribution in [3.8, 4) is 0 Å². The maximum Gasteiger partial charge on any atom is 0.234 e. The van der Waals surface area contributed by atoms with Crippen LogP contribution < -0.4 is 10.6 Å². The number of benzene rings is 1. The van der Waals surface area contributed by atoms with E-state index < -0.39 is 0 Å². The SMILES string of the molecule is CC(CNCC(=O)NC1CCOCC1)c1ccccc1. The zero-order chi connectivity index (χ0) is 14.2. The first-order valence-corrected chi connectivity index (χ1v) is 7.38. The highest BCUT2D eigenvalue weighted by Gasteiger charge is 2.15. The molecule has 0 aromatic heterocycles. The summed E-state index contributed by atoms with van der Waals surface area (Å²) in [5, 5.41) is 6.28. The molecule has 2 N–H and O–H groups in total. The van der Waals surface area contributed by atoms with Gasteiger partial charge >= 0.3 is 0 Å². The molecule has 1 aliphatic rings. The molecular formula is C16H24N2O2. The molecule has 1 aliphatic heterocycles. The van der Waals surface area contributed by atoms with Crippen molar-refractivity contribution in [1.82, 2.24) is 10.6 Å². The smallest absolute Gasteiger partial charge is 0.234 e. The van der Waals surface area contributed by atoms with Gasteiger partial charge < -0.3 is 15.4 Å². The van der Waals surface area contributed by atoms with Crippen LogP contribution in [0.25, 0.3) is 0 Å². The Morgan fingerprint density at radius 1 is 1.30 bits per heavy atom. The third-order valence-corrected chi connectivity index (χ3v) is 3.69. The molecule has 4 nitrogen and oxygen atoms in total. The number of carbonyl (C=O) groups excluding carboxylic acids is 1. The minimum absolute atomic E-state index is 0.0807. The molecule has 0 saturated carbocycles. The number of nitrogens with one attached hydrogen (secondary N) is 2. The van der Waals surface area contributed by atoms with Gasteiger partial charge in [-0.25, -0.2) is 0 Å². The Balaban J connectivity index is 1.63. The van der Waals surface area contributed by atoms with Gasteiger partial charge in [0, 0.05) is 25.8 Å². The molecule has 0 bridgehead atoms. The zero-order valence-corrected chi connectivity index (χ0v) is 12.1. The summed E-state index contributed by atoms with van der Waals surface area (Å²) in [5.41, 5.74) is 1.30. The van der Waals surface area contributed by atoms with E-state index in [2.05, 4.69) is 29.7 Å². The lowest BCUT2D eigenvalue weighted by Crippen LogP contribution is -2.43. The zero-order valence-electron chi connectivity index (χ0n) is 12.1. The molecule has 20 heavy (non-hydrogen) atoms. The maximum absolute atomic E-state index is 11.8. The van der Waals surface area contributed by atoms with E-state index in [9.17, 15) is 4.79 Å². The minimum Gasteiger partial charge on any atom is -0.381 e. The second-order valence-electron chi connectivity index (χ2n) is 5.40. The Bertz CT molecular complexity index is 402. The lowest BCUT2D eigenvalue weighted by Gasteiger charge is -2.23. The predicted octanol–water partition coefficient (Wildman–Crippen LogP) is 1.67. The van der Waals surface area contributed by atoms with Gasteiger partial charge in [-0.15, -0.1) is 0 Å². The fourth-order valence-electron chi connectivity index (χ4n) is 2.42. The van der Waals surface area contributed by atoms with Gasteiger partial charge in [0.05, 0.1) is 6.54 Å². The Morgan fingerprint density at radius 3 is 2.70 bits per heavy atom. The van der Waals surface area contributed by atoms with Crippen LogP contribution in [0.2, 0.25) is 0 Å². The van der Waals surface area contributed by atoms with Crippen molar-refractivity contribution in [3.63, 3.8) is 0 Å². The number of amides is 1. The van der Waals surface area contributed by atoms with Gasteiger partial charge in [0.2, 0.25) is 5.91 Å². The first-order chi connectivity index (χ1) is 9.75. The molecule has 110 valence electrons. The molecule has 1 amide bonds. The Labute approximate surface area is 120 Å². The highest BCUT2D eigenvalue weighted by atomic mass is 16.5. The summed E-state index contributed by atoms with van der Waals surface area (Å²) in [7, 11) is 0. The van der Waals surface area contributed by atoms with E-state index in [0.29, 0.717) is 12.5 Å². The van der Waals surface area contributed by atoms with E-state index in [1.807, 2.05) is 18.2 Å². The van der Waals surface area contributed by atoms with Gasteiger partial charge in [-0.1, -0.05) is 37.3 Å². The maximum atomic E-state index is 11.8. The van der Waals surface area contributed by atoms with Gasteiger partial charge in [-0.3, -0.25) is 4.79 Å². The lowest BCUT2D eigenvalue weighted by atomic mass is 10.0. The number of hydrogen-bond donors (Lipinski definition) is 2. The largest absolute Gasteiger partial charge is 0.381 e. The van der Waals surface area contributed by atoms with Crippen LogP contribution in [0, 0.1) is 0 Å². The molecule has 1 heterocycles. The van der Waals surface area contributed by atoms with Gasteiger partial charge in [0.25, 0.3) is 0 Å². The van der Waals surface area contributed by atoms with Crippen molar-refractivity contribution < 1.29 is 9.53 Å². The number of hydrogen-bond acceptors (Lipinski definition) is 3. The van der Waals surface area contributed by atoms with Crippen LogP contribution >= 0.6 is 0 Å². The van der Waals surface area contributed by atoms with Crippen molar-refractivity contribution in [3.05, 3.63) is 35.9 Å². The Hall–Kier alpha value is -1.39. The molecule has 1 unspecified atom stereocenters. The fourth-order valence-corrected chi connectivity index (χ4v) is 2.42. The topological polar surface area (TPSA) is 50.4 Å². The van der Waals surface area contributed by atoms with Crippen molar-refractivity contribution in [2.24, 2.45) is 0 Å². The number of ether oxygens (including phenoxy) is 1. The monoisotopic (exact) mass is 276 g/mol. The fraction of sp³-hybridized carbons (Fsp3) is 0.562. The van der Waals surface area contributed by atoms with E-state index in [4.69, 9.17) is 4.74 Å². The average Bonchev–Trinajstić information content (AvgIpc) is 2.49. The highest BCUT2D eigenvalue weighted by molar-refractivity contribution is 5.78. The predicted molar refractivity (Wildman–Crippen MR) is 79.7 cm³/mol. The molecule has 0 radical (unpaired) electrons. The van der Waals surface area contributed by atoms with Gasteiger partial charge in [-0.05, 0) is 24.3 Å². The van der Waals surface area contributed by atoms with E-state index >= 15 is 0 Å². The second-order valence-corrected chi connectivity index (χ2v) is 5.40. The second kappa shape index (κ2) is 8.02. The first-order valence-electron chi connectivity index (χ1n) is 7.38. The standard InChI is InChI=1S/C16H24N2O2/c1-13(14-5-3-2-4-6-14)11-17-12-16(19)18-15-7-9-20-10-8-15/h2-6,13,15,17H,7-12H2,1H3,(H,18,19). The summed E-state index contributed by atoms with van der Waals surface area (Å²) in [5.74, 6) is 0.490. The molecule has 1 fully saturated rings. The van der Waals surface area contributed by atoms with Gasteiger partial charge in [0.1, 0.15) is 0 Å². The number of rotatable bonds is 6. The van der Waals surface area contributed by atoms with Crippen LogP contribution in [-0.4, -0.2) is 38.3 Å². The molecule has 0 aliphatic carbocycles. The third-order valence-electron chi connectivity index (χ3n) is 3.69. The molecule has 1 atom stereocenters. The van der Waals surface area contributed by atoms with Crippen molar-refractivity contribution in [2.45, 2.75) is 31.7 Å². The minimum atomic E-state index is 0.0807. The molecule has 0 spiro atoms. The first kappa shape index (κ1) is 15.0. The van der Waals surface area contributed by atoms with E-state index in [1.165, 1.54) is 5.56 Å². The molecule has 1 aromatic carbocycles. The van der Waals surface area contributed by atoms with Crippen LogP contribution in [-0.2, 0) is 9.53 Å². The lowest BCUT2D eigenvalue weighted by molar-refractivity contribution is -0.121. The normalized spacial score (nSPS) is 17.6. The van der Waals surface area contributed by atoms with Crippen molar-refractivity contribution >= 4 is 5.91 Å². The summed E-state index contributed by atoms with van der Waals surface area (Å²) in [4.78, 5) is 11.8. The molecule has 4 heteroatoms. The molecule has 2 rings (SSSR count). The Kier molecular flexibility index (Phi) is 6.02. The summed E-state index contributed by atoms with van der Waals surface area (Å²) < 4.78 is 5.28. The van der Waals surface area contributed by atoms with Gasteiger partial charge in [0.15, 0.2) is 0 Å². The molecule has 1 aromatic rings. The quantitative estimate of drug-likeness (QED) is 0.831. The van der Waals surface area contributed by atoms with Crippen LogP contribution in [0.4, 0.5) is 0 Å². The van der Waals surface area contributed by atoms with Gasteiger partial charge in [-0.2, -0.15) is 0 Å². The van der Waals surface area contributed by atoms with Crippen molar-refractivity contribution in [1.29, 1.82) is 0 Å². The molecular weight excluding hydrogens is 252 g/mol. The van der Waals surface area contributed by atoms with Crippen LogP contribution in [0.1, 0.15) is 31.2 Å². The molecule has 1 saturated heterocycles. The van der Waals surface area contributed by atoms with Crippen LogP contribution in [0.3, 0.4) is 0 Å². The average molecular weight is 276 g/mol. The van der Waals surface area contributed by atoms with E-state index in [-0.39, 0.29) is 11.9 Å². The summed E-state index contributed by atoms with van der Waals surface area (Å²) in [6, 6.07) is 10.6. The van der Waals surface area contributed by atoms with E-state index in [1.54, 1.807) is 0 Å². The summed E-state index contributed by atoms with van der Waals surface area (Å²) in [6.07, 6.45) is 1.85.